The topological polar surface area (TPSA) is 89.8 Å². The molecule has 0 aromatic carbocycles. The zero-order valence-corrected chi connectivity index (χ0v) is 25.6. The van der Waals surface area contributed by atoms with Crippen molar-refractivity contribution >= 4 is 5.91 Å². The van der Waals surface area contributed by atoms with E-state index in [1.807, 2.05) is 0 Å². The van der Waals surface area contributed by atoms with Crippen molar-refractivity contribution in [1.82, 2.24) is 5.32 Å². The maximum absolute atomic E-state index is 12.3. The van der Waals surface area contributed by atoms with Crippen LogP contribution < -0.4 is 5.32 Å². The van der Waals surface area contributed by atoms with Gasteiger partial charge in [0.2, 0.25) is 5.91 Å². The van der Waals surface area contributed by atoms with Gasteiger partial charge < -0.3 is 20.6 Å². The Kier molecular flexibility index (Phi) is 28.8. The SMILES string of the molecule is CCCCCCCCCCCCCCCC[C@@H](O)[C@@H](O)[C@H](CO)NC(=O)CCCCCCCCCCCC. The van der Waals surface area contributed by atoms with Gasteiger partial charge >= 0.3 is 0 Å². The van der Waals surface area contributed by atoms with Crippen LogP contribution in [0.1, 0.15) is 181 Å². The van der Waals surface area contributed by atoms with Gasteiger partial charge in [0, 0.05) is 6.42 Å². The number of aliphatic hydroxyl groups is 3. The zero-order chi connectivity index (χ0) is 28.1. The highest BCUT2D eigenvalue weighted by Crippen LogP contribution is 2.15. The third-order valence-electron chi connectivity index (χ3n) is 7.96. The van der Waals surface area contributed by atoms with E-state index >= 15 is 0 Å². The Bertz CT molecular complexity index is 488. The molecule has 0 aliphatic rings. The van der Waals surface area contributed by atoms with Crippen molar-refractivity contribution < 1.29 is 20.1 Å². The molecule has 0 heterocycles. The van der Waals surface area contributed by atoms with E-state index in [1.54, 1.807) is 0 Å². The van der Waals surface area contributed by atoms with Crippen molar-refractivity contribution in [2.75, 3.05) is 6.61 Å². The molecule has 0 aromatic rings. The minimum absolute atomic E-state index is 0.147. The molecular formula is C33H67NO4. The average molecular weight is 542 g/mol. The van der Waals surface area contributed by atoms with Gasteiger partial charge in [-0.2, -0.15) is 0 Å². The normalized spacial score (nSPS) is 13.9. The largest absolute Gasteiger partial charge is 0.394 e. The third-order valence-corrected chi connectivity index (χ3v) is 7.96. The Morgan fingerprint density at radius 3 is 1.26 bits per heavy atom. The van der Waals surface area contributed by atoms with E-state index in [1.165, 1.54) is 122 Å². The maximum atomic E-state index is 12.3. The van der Waals surface area contributed by atoms with E-state index in [2.05, 4.69) is 19.2 Å². The summed E-state index contributed by atoms with van der Waals surface area (Å²) in [5, 5.41) is 33.2. The number of aliphatic hydroxyl groups excluding tert-OH is 3. The van der Waals surface area contributed by atoms with Crippen molar-refractivity contribution in [3.63, 3.8) is 0 Å². The Labute approximate surface area is 237 Å². The second kappa shape index (κ2) is 29.3. The van der Waals surface area contributed by atoms with E-state index in [4.69, 9.17) is 0 Å². The van der Waals surface area contributed by atoms with Crippen LogP contribution in [-0.2, 0) is 4.79 Å². The molecular weight excluding hydrogens is 474 g/mol. The summed E-state index contributed by atoms with van der Waals surface area (Å²) in [5.41, 5.74) is 0. The Hall–Kier alpha value is -0.650. The number of rotatable bonds is 30. The standard InChI is InChI=1S/C33H67NO4/c1-3-5-7-9-11-13-15-16-17-18-19-21-23-25-27-31(36)33(38)30(29-35)34-32(37)28-26-24-22-20-14-12-10-8-6-4-2/h30-31,33,35-36,38H,3-29H2,1-2H3,(H,34,37)/t30-,31+,33-/m0/s1. The first-order chi connectivity index (χ1) is 18.6. The molecule has 0 rings (SSSR count). The first-order valence-electron chi connectivity index (χ1n) is 16.8. The van der Waals surface area contributed by atoms with Crippen LogP contribution in [0.25, 0.3) is 0 Å². The predicted octanol–water partition coefficient (Wildman–Crippen LogP) is 8.37. The summed E-state index contributed by atoms with van der Waals surface area (Å²) in [6.07, 6.45) is 29.0. The first-order valence-corrected chi connectivity index (χ1v) is 16.8. The van der Waals surface area contributed by atoms with Gasteiger partial charge in [-0.1, -0.05) is 162 Å². The van der Waals surface area contributed by atoms with Gasteiger partial charge in [-0.05, 0) is 12.8 Å². The van der Waals surface area contributed by atoms with Crippen molar-refractivity contribution in [2.45, 2.75) is 199 Å². The molecule has 0 saturated heterocycles. The molecule has 0 aliphatic heterocycles. The number of nitrogens with one attached hydrogen (secondary N) is 1. The minimum Gasteiger partial charge on any atom is -0.394 e. The summed E-state index contributed by atoms with van der Waals surface area (Å²) in [6, 6.07) is -0.799. The summed E-state index contributed by atoms with van der Waals surface area (Å²) in [4.78, 5) is 12.3. The summed E-state index contributed by atoms with van der Waals surface area (Å²) in [5.74, 6) is -0.147. The van der Waals surface area contributed by atoms with E-state index in [9.17, 15) is 20.1 Å². The lowest BCUT2D eigenvalue weighted by Crippen LogP contribution is -2.50. The second-order valence-corrected chi connectivity index (χ2v) is 11.7. The molecule has 5 heteroatoms. The van der Waals surface area contributed by atoms with Gasteiger partial charge in [0.15, 0.2) is 0 Å². The number of amides is 1. The molecule has 1 amide bonds. The molecule has 0 saturated carbocycles. The fourth-order valence-corrected chi connectivity index (χ4v) is 5.28. The number of hydrogen-bond donors (Lipinski definition) is 4. The van der Waals surface area contributed by atoms with Gasteiger partial charge in [0.1, 0.15) is 6.10 Å². The molecule has 228 valence electrons. The van der Waals surface area contributed by atoms with Crippen molar-refractivity contribution in [3.05, 3.63) is 0 Å². The number of carbonyl (C=O) groups is 1. The minimum atomic E-state index is -1.13. The molecule has 3 atom stereocenters. The molecule has 0 radical (unpaired) electrons. The fourth-order valence-electron chi connectivity index (χ4n) is 5.28. The summed E-state index contributed by atoms with van der Waals surface area (Å²) in [7, 11) is 0. The van der Waals surface area contributed by atoms with Crippen LogP contribution in [0, 0.1) is 0 Å². The van der Waals surface area contributed by atoms with Gasteiger partial charge in [0.05, 0.1) is 18.8 Å². The van der Waals surface area contributed by atoms with Crippen molar-refractivity contribution in [1.29, 1.82) is 0 Å². The monoisotopic (exact) mass is 542 g/mol. The fraction of sp³-hybridized carbons (Fsp3) is 0.970. The Morgan fingerprint density at radius 1 is 0.553 bits per heavy atom. The van der Waals surface area contributed by atoms with Crippen molar-refractivity contribution in [2.24, 2.45) is 0 Å². The van der Waals surface area contributed by atoms with Crippen LogP contribution in [0.4, 0.5) is 0 Å². The molecule has 0 aromatic heterocycles. The highest BCUT2D eigenvalue weighted by molar-refractivity contribution is 5.76. The lowest BCUT2D eigenvalue weighted by atomic mass is 9.99. The maximum Gasteiger partial charge on any atom is 0.220 e. The van der Waals surface area contributed by atoms with Gasteiger partial charge in [0.25, 0.3) is 0 Å². The average Bonchev–Trinajstić information content (AvgIpc) is 2.92. The Morgan fingerprint density at radius 2 is 0.895 bits per heavy atom. The quantitative estimate of drug-likeness (QED) is 0.0688. The van der Waals surface area contributed by atoms with Crippen LogP contribution in [0.15, 0.2) is 0 Å². The highest BCUT2D eigenvalue weighted by atomic mass is 16.3. The van der Waals surface area contributed by atoms with Crippen LogP contribution in [-0.4, -0.2) is 46.1 Å². The first kappa shape index (κ1) is 37.4. The highest BCUT2D eigenvalue weighted by Gasteiger charge is 2.26. The van der Waals surface area contributed by atoms with E-state index in [0.29, 0.717) is 12.8 Å². The predicted molar refractivity (Wildman–Crippen MR) is 162 cm³/mol. The number of hydrogen-bond acceptors (Lipinski definition) is 4. The van der Waals surface area contributed by atoms with Crippen LogP contribution in [0.5, 0.6) is 0 Å². The van der Waals surface area contributed by atoms with Gasteiger partial charge in [-0.3, -0.25) is 4.79 Å². The summed E-state index contributed by atoms with van der Waals surface area (Å²) in [6.45, 7) is 4.14. The number of unbranched alkanes of at least 4 members (excludes halogenated alkanes) is 22. The van der Waals surface area contributed by atoms with Crippen LogP contribution in [0.3, 0.4) is 0 Å². The van der Waals surface area contributed by atoms with E-state index < -0.39 is 18.2 Å². The lowest BCUT2D eigenvalue weighted by molar-refractivity contribution is -0.124. The van der Waals surface area contributed by atoms with Crippen LogP contribution >= 0.6 is 0 Å². The molecule has 4 N–H and O–H groups in total. The second-order valence-electron chi connectivity index (χ2n) is 11.7. The summed E-state index contributed by atoms with van der Waals surface area (Å²) < 4.78 is 0. The molecule has 0 bridgehead atoms. The molecule has 5 nitrogen and oxygen atoms in total. The smallest absolute Gasteiger partial charge is 0.220 e. The van der Waals surface area contributed by atoms with Gasteiger partial charge in [-0.15, -0.1) is 0 Å². The van der Waals surface area contributed by atoms with Crippen LogP contribution in [0.2, 0.25) is 0 Å². The molecule has 0 fully saturated rings. The van der Waals surface area contributed by atoms with E-state index in [-0.39, 0.29) is 12.5 Å². The Balaban J connectivity index is 3.70. The molecule has 0 spiro atoms. The molecule has 0 aliphatic carbocycles. The van der Waals surface area contributed by atoms with E-state index in [0.717, 1.165) is 32.1 Å². The summed E-state index contributed by atoms with van der Waals surface area (Å²) >= 11 is 0. The zero-order valence-electron chi connectivity index (χ0n) is 25.6. The molecule has 38 heavy (non-hydrogen) atoms. The number of carbonyl (C=O) groups excluding carboxylic acids is 1. The third kappa shape index (κ3) is 24.4. The van der Waals surface area contributed by atoms with Crippen molar-refractivity contribution in [3.8, 4) is 0 Å². The molecule has 0 unspecified atom stereocenters. The lowest BCUT2D eigenvalue weighted by Gasteiger charge is -2.26. The van der Waals surface area contributed by atoms with Gasteiger partial charge in [-0.25, -0.2) is 0 Å².